The monoisotopic (exact) mass is 346 g/mol. The first-order valence-electron chi connectivity index (χ1n) is 8.19. The highest BCUT2D eigenvalue weighted by Gasteiger charge is 2.11. The van der Waals surface area contributed by atoms with Gasteiger partial charge in [-0.2, -0.15) is 0 Å². The van der Waals surface area contributed by atoms with Gasteiger partial charge in [0.05, 0.1) is 0 Å². The van der Waals surface area contributed by atoms with Gasteiger partial charge in [-0.05, 0) is 59.9 Å². The number of aryl methyl sites for hydroxylation is 1. The fourth-order valence-corrected chi connectivity index (χ4v) is 3.11. The third-order valence-corrected chi connectivity index (χ3v) is 4.40. The molecule has 3 rings (SSSR count). The van der Waals surface area contributed by atoms with Crippen LogP contribution in [0.2, 0.25) is 5.02 Å². The van der Waals surface area contributed by atoms with Gasteiger partial charge < -0.3 is 0 Å². The second kappa shape index (κ2) is 7.50. The summed E-state index contributed by atoms with van der Waals surface area (Å²) in [4.78, 5) is 12.1. The maximum atomic E-state index is 12.1. The van der Waals surface area contributed by atoms with E-state index in [0.717, 1.165) is 33.4 Å². The maximum absolute atomic E-state index is 12.1. The lowest BCUT2D eigenvalue weighted by Gasteiger charge is -2.11. The average Bonchev–Trinajstić information content (AvgIpc) is 2.60. The fraction of sp³-hybridized carbons (Fsp3) is 0.0870. The minimum Gasteiger partial charge on any atom is -0.294 e. The van der Waals surface area contributed by atoms with Gasteiger partial charge in [-0.25, -0.2) is 0 Å². The summed E-state index contributed by atoms with van der Waals surface area (Å²) in [5.41, 5.74) is 5.94. The summed E-state index contributed by atoms with van der Waals surface area (Å²) >= 11 is 5.99. The number of carbonyl (C=O) groups excluding carboxylic acids is 1. The van der Waals surface area contributed by atoms with E-state index >= 15 is 0 Å². The number of halogens is 1. The Morgan fingerprint density at radius 1 is 0.880 bits per heavy atom. The topological polar surface area (TPSA) is 17.1 Å². The van der Waals surface area contributed by atoms with Crippen LogP contribution < -0.4 is 0 Å². The summed E-state index contributed by atoms with van der Waals surface area (Å²) in [5.74, 6) is 0.0767. The number of carbonyl (C=O) groups is 1. The Balaban J connectivity index is 2.09. The SMILES string of the molecule is CC(=O)c1c(C)cc(-c2ccc(Cl)cc2)cc1/C=C/c1ccccc1. The summed E-state index contributed by atoms with van der Waals surface area (Å²) in [6.45, 7) is 3.60. The van der Waals surface area contributed by atoms with E-state index in [2.05, 4.69) is 12.1 Å². The molecule has 0 saturated carbocycles. The number of ketones is 1. The first-order chi connectivity index (χ1) is 12.0. The lowest BCUT2D eigenvalue weighted by molar-refractivity contribution is 0.101. The van der Waals surface area contributed by atoms with E-state index in [1.54, 1.807) is 6.92 Å². The molecular weight excluding hydrogens is 328 g/mol. The summed E-state index contributed by atoms with van der Waals surface area (Å²) in [7, 11) is 0. The Labute approximate surface area is 153 Å². The molecule has 0 aliphatic rings. The van der Waals surface area contributed by atoms with E-state index in [1.807, 2.05) is 73.7 Å². The molecule has 3 aromatic rings. The van der Waals surface area contributed by atoms with E-state index in [0.29, 0.717) is 5.02 Å². The normalized spacial score (nSPS) is 11.0. The zero-order valence-corrected chi connectivity index (χ0v) is 15.0. The lowest BCUT2D eigenvalue weighted by Crippen LogP contribution is -2.00. The highest BCUT2D eigenvalue weighted by molar-refractivity contribution is 6.30. The molecule has 0 atom stereocenters. The van der Waals surface area contributed by atoms with Crippen molar-refractivity contribution < 1.29 is 4.79 Å². The summed E-state index contributed by atoms with van der Waals surface area (Å²) < 4.78 is 0. The second-order valence-electron chi connectivity index (χ2n) is 6.06. The number of rotatable bonds is 4. The molecule has 0 saturated heterocycles. The average molecular weight is 347 g/mol. The van der Waals surface area contributed by atoms with Crippen LogP contribution in [0.15, 0.2) is 66.7 Å². The lowest BCUT2D eigenvalue weighted by atomic mass is 9.92. The minimum absolute atomic E-state index is 0.0767. The van der Waals surface area contributed by atoms with Crippen molar-refractivity contribution in [3.05, 3.63) is 94.0 Å². The van der Waals surface area contributed by atoms with Gasteiger partial charge in [-0.15, -0.1) is 0 Å². The van der Waals surface area contributed by atoms with Crippen LogP contribution in [-0.4, -0.2) is 5.78 Å². The molecule has 0 N–H and O–H groups in total. The van der Waals surface area contributed by atoms with Gasteiger partial charge in [0, 0.05) is 10.6 Å². The summed E-state index contributed by atoms with van der Waals surface area (Å²) in [5, 5.41) is 0.713. The Morgan fingerprint density at radius 2 is 1.56 bits per heavy atom. The van der Waals surface area contributed by atoms with Gasteiger partial charge in [-0.1, -0.05) is 72.3 Å². The first-order valence-corrected chi connectivity index (χ1v) is 8.57. The largest absolute Gasteiger partial charge is 0.294 e. The molecule has 124 valence electrons. The number of benzene rings is 3. The maximum Gasteiger partial charge on any atom is 0.160 e. The molecule has 0 radical (unpaired) electrons. The van der Waals surface area contributed by atoms with Crippen molar-refractivity contribution in [3.8, 4) is 11.1 Å². The van der Waals surface area contributed by atoms with E-state index in [4.69, 9.17) is 11.6 Å². The Morgan fingerprint density at radius 3 is 2.20 bits per heavy atom. The quantitative estimate of drug-likeness (QED) is 0.380. The molecule has 0 aromatic heterocycles. The van der Waals surface area contributed by atoms with Crippen molar-refractivity contribution in [2.75, 3.05) is 0 Å². The van der Waals surface area contributed by atoms with Crippen LogP contribution in [0.1, 0.15) is 34.0 Å². The van der Waals surface area contributed by atoms with Crippen LogP contribution in [0, 0.1) is 6.92 Å². The van der Waals surface area contributed by atoms with Gasteiger partial charge in [0.2, 0.25) is 0 Å². The summed E-state index contributed by atoms with van der Waals surface area (Å²) in [6, 6.07) is 21.9. The molecule has 0 aliphatic heterocycles. The molecule has 0 heterocycles. The van der Waals surface area contributed by atoms with Crippen LogP contribution in [0.3, 0.4) is 0 Å². The van der Waals surface area contributed by atoms with Crippen molar-refractivity contribution in [1.29, 1.82) is 0 Å². The number of hydrogen-bond acceptors (Lipinski definition) is 1. The second-order valence-corrected chi connectivity index (χ2v) is 6.50. The zero-order chi connectivity index (χ0) is 17.8. The molecule has 25 heavy (non-hydrogen) atoms. The van der Waals surface area contributed by atoms with Crippen LogP contribution in [0.5, 0.6) is 0 Å². The third-order valence-electron chi connectivity index (χ3n) is 4.15. The number of Topliss-reactive ketones (excluding diaryl/α,β-unsaturated/α-hetero) is 1. The molecule has 0 bridgehead atoms. The molecule has 1 nitrogen and oxygen atoms in total. The van der Waals surface area contributed by atoms with E-state index in [1.165, 1.54) is 0 Å². The van der Waals surface area contributed by atoms with Crippen LogP contribution in [-0.2, 0) is 0 Å². The van der Waals surface area contributed by atoms with Gasteiger partial charge in [-0.3, -0.25) is 4.79 Å². The molecular formula is C23H19ClO. The first kappa shape index (κ1) is 17.2. The molecule has 0 spiro atoms. The van der Waals surface area contributed by atoms with E-state index in [-0.39, 0.29) is 5.78 Å². The van der Waals surface area contributed by atoms with Crippen LogP contribution in [0.4, 0.5) is 0 Å². The molecule has 2 heteroatoms. The smallest absolute Gasteiger partial charge is 0.160 e. The standard InChI is InChI=1S/C23H19ClO/c1-16-14-21(19-10-12-22(24)13-11-19)15-20(23(16)17(2)25)9-8-18-6-4-3-5-7-18/h3-15H,1-2H3/b9-8+. The van der Waals surface area contributed by atoms with E-state index in [9.17, 15) is 4.79 Å². The van der Waals surface area contributed by atoms with Crippen LogP contribution >= 0.6 is 11.6 Å². The highest BCUT2D eigenvalue weighted by Crippen LogP contribution is 2.28. The van der Waals surface area contributed by atoms with Crippen molar-refractivity contribution in [1.82, 2.24) is 0 Å². The van der Waals surface area contributed by atoms with Crippen molar-refractivity contribution in [3.63, 3.8) is 0 Å². The summed E-state index contributed by atoms with van der Waals surface area (Å²) in [6.07, 6.45) is 4.05. The fourth-order valence-electron chi connectivity index (χ4n) is 2.99. The minimum atomic E-state index is 0.0767. The van der Waals surface area contributed by atoms with Gasteiger partial charge >= 0.3 is 0 Å². The van der Waals surface area contributed by atoms with Gasteiger partial charge in [0.25, 0.3) is 0 Å². The van der Waals surface area contributed by atoms with Crippen molar-refractivity contribution in [2.45, 2.75) is 13.8 Å². The van der Waals surface area contributed by atoms with Gasteiger partial charge in [0.1, 0.15) is 0 Å². The Kier molecular flexibility index (Phi) is 5.16. The molecule has 0 fully saturated rings. The van der Waals surface area contributed by atoms with Crippen LogP contribution in [0.25, 0.3) is 23.3 Å². The molecule has 0 unspecified atom stereocenters. The zero-order valence-electron chi connectivity index (χ0n) is 14.3. The highest BCUT2D eigenvalue weighted by atomic mass is 35.5. The molecule has 0 aliphatic carbocycles. The van der Waals surface area contributed by atoms with E-state index < -0.39 is 0 Å². The molecule has 0 amide bonds. The molecule has 3 aromatic carbocycles. The van der Waals surface area contributed by atoms with Crippen molar-refractivity contribution >= 4 is 29.5 Å². The predicted octanol–water partition coefficient (Wildman–Crippen LogP) is 6.69. The van der Waals surface area contributed by atoms with Crippen molar-refractivity contribution in [2.24, 2.45) is 0 Å². The predicted molar refractivity (Wildman–Crippen MR) is 107 cm³/mol. The Bertz CT molecular complexity index is 922. The number of hydrogen-bond donors (Lipinski definition) is 0. The Hall–Kier alpha value is -2.64. The third kappa shape index (κ3) is 4.07. The van der Waals surface area contributed by atoms with Gasteiger partial charge in [0.15, 0.2) is 5.78 Å².